The zero-order valence-electron chi connectivity index (χ0n) is 12.8. The predicted molar refractivity (Wildman–Crippen MR) is 84.1 cm³/mol. The fourth-order valence-electron chi connectivity index (χ4n) is 3.22. The standard InChI is InChI=1S/C15H26N2O3S/c1-12(19)21-11-14-8-15(20)17(10-14)9-13-2-4-16(5-3-13)6-7-18/h13-14,18H,2-11H2,1H3. The third-order valence-electron chi connectivity index (χ3n) is 4.42. The van der Waals surface area contributed by atoms with E-state index >= 15 is 0 Å². The Labute approximate surface area is 131 Å². The summed E-state index contributed by atoms with van der Waals surface area (Å²) in [5, 5.41) is 9.08. The molecule has 6 heteroatoms. The van der Waals surface area contributed by atoms with Crippen molar-refractivity contribution in [3.63, 3.8) is 0 Å². The number of carbonyl (C=O) groups is 2. The molecule has 0 spiro atoms. The highest BCUT2D eigenvalue weighted by atomic mass is 32.2. The molecule has 21 heavy (non-hydrogen) atoms. The quantitative estimate of drug-likeness (QED) is 0.786. The van der Waals surface area contributed by atoms with Crippen LogP contribution in [0.5, 0.6) is 0 Å². The molecular formula is C15H26N2O3S. The Kier molecular flexibility index (Phi) is 6.51. The first-order chi connectivity index (χ1) is 10.1. The van der Waals surface area contributed by atoms with Crippen LogP contribution < -0.4 is 0 Å². The van der Waals surface area contributed by atoms with Crippen molar-refractivity contribution in [3.05, 3.63) is 0 Å². The lowest BCUT2D eigenvalue weighted by atomic mass is 9.96. The fourth-order valence-corrected chi connectivity index (χ4v) is 3.92. The summed E-state index contributed by atoms with van der Waals surface area (Å²) in [6.45, 7) is 6.31. The number of hydrogen-bond acceptors (Lipinski definition) is 5. The van der Waals surface area contributed by atoms with Gasteiger partial charge < -0.3 is 14.9 Å². The molecule has 1 unspecified atom stereocenters. The SMILES string of the molecule is CC(=O)SCC1CC(=O)N(CC2CCN(CCO)CC2)C1. The summed E-state index contributed by atoms with van der Waals surface area (Å²) in [6.07, 6.45) is 2.82. The Balaban J connectivity index is 1.71. The van der Waals surface area contributed by atoms with Gasteiger partial charge in [0.1, 0.15) is 0 Å². The van der Waals surface area contributed by atoms with E-state index < -0.39 is 0 Å². The maximum absolute atomic E-state index is 12.1. The Morgan fingerprint density at radius 3 is 2.67 bits per heavy atom. The first-order valence-corrected chi connectivity index (χ1v) is 8.81. The second kappa shape index (κ2) is 8.15. The monoisotopic (exact) mass is 314 g/mol. The molecule has 2 aliphatic rings. The number of aliphatic hydroxyl groups excluding tert-OH is 1. The maximum Gasteiger partial charge on any atom is 0.222 e. The van der Waals surface area contributed by atoms with Crippen LogP contribution in [-0.2, 0) is 9.59 Å². The topological polar surface area (TPSA) is 60.9 Å². The Morgan fingerprint density at radius 2 is 2.05 bits per heavy atom. The van der Waals surface area contributed by atoms with Crippen molar-refractivity contribution in [3.8, 4) is 0 Å². The van der Waals surface area contributed by atoms with Crippen molar-refractivity contribution in [2.24, 2.45) is 11.8 Å². The molecular weight excluding hydrogens is 288 g/mol. The lowest BCUT2D eigenvalue weighted by Crippen LogP contribution is -2.40. The highest BCUT2D eigenvalue weighted by molar-refractivity contribution is 8.13. The van der Waals surface area contributed by atoms with Crippen LogP contribution in [0.4, 0.5) is 0 Å². The molecule has 2 rings (SSSR count). The van der Waals surface area contributed by atoms with Gasteiger partial charge in [0.25, 0.3) is 0 Å². The third kappa shape index (κ3) is 5.27. The van der Waals surface area contributed by atoms with Gasteiger partial charge in [-0.05, 0) is 37.8 Å². The summed E-state index contributed by atoms with van der Waals surface area (Å²) in [7, 11) is 0. The van der Waals surface area contributed by atoms with Gasteiger partial charge in [-0.25, -0.2) is 0 Å². The van der Waals surface area contributed by atoms with Crippen molar-refractivity contribution in [2.75, 3.05) is 45.1 Å². The Bertz CT molecular complexity index is 370. The number of thioether (sulfide) groups is 1. The van der Waals surface area contributed by atoms with Crippen molar-refractivity contribution in [1.29, 1.82) is 0 Å². The molecule has 2 heterocycles. The molecule has 1 amide bonds. The van der Waals surface area contributed by atoms with E-state index in [0.29, 0.717) is 18.3 Å². The molecule has 2 fully saturated rings. The number of aliphatic hydroxyl groups is 1. The summed E-state index contributed by atoms with van der Waals surface area (Å²) in [4.78, 5) is 27.3. The summed E-state index contributed by atoms with van der Waals surface area (Å²) < 4.78 is 0. The molecule has 0 radical (unpaired) electrons. The Morgan fingerprint density at radius 1 is 1.33 bits per heavy atom. The van der Waals surface area contributed by atoms with E-state index in [0.717, 1.165) is 51.3 Å². The van der Waals surface area contributed by atoms with Gasteiger partial charge in [0.05, 0.1) is 6.61 Å². The Hall–Kier alpha value is -0.590. The second-order valence-electron chi connectivity index (χ2n) is 6.18. The van der Waals surface area contributed by atoms with E-state index in [4.69, 9.17) is 5.11 Å². The molecule has 1 atom stereocenters. The maximum atomic E-state index is 12.1. The first-order valence-electron chi connectivity index (χ1n) is 7.83. The molecule has 0 aliphatic carbocycles. The number of β-amino-alcohol motifs (C(OH)–C–C–N with tert-alkyl or cyclic N) is 1. The first kappa shape index (κ1) is 16.8. The lowest BCUT2D eigenvalue weighted by molar-refractivity contribution is -0.128. The number of piperidine rings is 1. The van der Waals surface area contributed by atoms with Crippen LogP contribution in [0.3, 0.4) is 0 Å². The van der Waals surface area contributed by atoms with Gasteiger partial charge in [-0.15, -0.1) is 0 Å². The van der Waals surface area contributed by atoms with Crippen molar-refractivity contribution < 1.29 is 14.7 Å². The molecule has 0 aromatic carbocycles. The minimum Gasteiger partial charge on any atom is -0.395 e. The average Bonchev–Trinajstić information content (AvgIpc) is 2.80. The largest absolute Gasteiger partial charge is 0.395 e. The molecule has 5 nitrogen and oxygen atoms in total. The normalized spacial score (nSPS) is 24.8. The van der Waals surface area contributed by atoms with E-state index in [1.807, 2.05) is 4.90 Å². The van der Waals surface area contributed by atoms with Gasteiger partial charge in [0.2, 0.25) is 5.91 Å². The van der Waals surface area contributed by atoms with E-state index in [1.165, 1.54) is 11.8 Å². The van der Waals surface area contributed by atoms with E-state index in [2.05, 4.69) is 4.90 Å². The van der Waals surface area contributed by atoms with Gasteiger partial charge in [0.15, 0.2) is 5.12 Å². The van der Waals surface area contributed by atoms with Gasteiger partial charge in [-0.1, -0.05) is 11.8 Å². The van der Waals surface area contributed by atoms with Gasteiger partial charge in [0, 0.05) is 38.7 Å². The van der Waals surface area contributed by atoms with E-state index in [9.17, 15) is 9.59 Å². The number of nitrogens with zero attached hydrogens (tertiary/aromatic N) is 2. The molecule has 120 valence electrons. The number of rotatable bonds is 6. The molecule has 2 aliphatic heterocycles. The molecule has 0 aromatic rings. The fraction of sp³-hybridized carbons (Fsp3) is 0.867. The second-order valence-corrected chi connectivity index (χ2v) is 7.38. The highest BCUT2D eigenvalue weighted by Gasteiger charge is 2.32. The molecule has 1 N–H and O–H groups in total. The lowest BCUT2D eigenvalue weighted by Gasteiger charge is -2.33. The number of likely N-dealkylation sites (tertiary alicyclic amines) is 2. The van der Waals surface area contributed by atoms with E-state index in [-0.39, 0.29) is 17.6 Å². The van der Waals surface area contributed by atoms with Crippen LogP contribution in [0.1, 0.15) is 26.2 Å². The molecule has 0 bridgehead atoms. The zero-order valence-corrected chi connectivity index (χ0v) is 13.6. The van der Waals surface area contributed by atoms with Crippen LogP contribution in [0.2, 0.25) is 0 Å². The number of carbonyl (C=O) groups excluding carboxylic acids is 2. The minimum atomic E-state index is 0.136. The van der Waals surface area contributed by atoms with Gasteiger partial charge >= 0.3 is 0 Å². The molecule has 2 saturated heterocycles. The zero-order chi connectivity index (χ0) is 15.2. The van der Waals surface area contributed by atoms with Crippen molar-refractivity contribution in [1.82, 2.24) is 9.80 Å². The van der Waals surface area contributed by atoms with E-state index in [1.54, 1.807) is 6.92 Å². The van der Waals surface area contributed by atoms with Crippen LogP contribution >= 0.6 is 11.8 Å². The van der Waals surface area contributed by atoms with Crippen LogP contribution in [-0.4, -0.2) is 71.0 Å². The summed E-state index contributed by atoms with van der Waals surface area (Å²) in [5.74, 6) is 1.94. The summed E-state index contributed by atoms with van der Waals surface area (Å²) >= 11 is 1.34. The smallest absolute Gasteiger partial charge is 0.222 e. The van der Waals surface area contributed by atoms with Crippen LogP contribution in [0, 0.1) is 11.8 Å². The van der Waals surface area contributed by atoms with Crippen LogP contribution in [0.15, 0.2) is 0 Å². The van der Waals surface area contributed by atoms with Crippen molar-refractivity contribution >= 4 is 22.8 Å². The molecule has 0 saturated carbocycles. The van der Waals surface area contributed by atoms with Crippen molar-refractivity contribution in [2.45, 2.75) is 26.2 Å². The number of amides is 1. The van der Waals surface area contributed by atoms with Gasteiger partial charge in [-0.2, -0.15) is 0 Å². The third-order valence-corrected chi connectivity index (χ3v) is 5.46. The molecule has 0 aromatic heterocycles. The summed E-state index contributed by atoms with van der Waals surface area (Å²) in [6, 6.07) is 0. The minimum absolute atomic E-state index is 0.136. The summed E-state index contributed by atoms with van der Waals surface area (Å²) in [5.41, 5.74) is 0. The van der Waals surface area contributed by atoms with Crippen LogP contribution in [0.25, 0.3) is 0 Å². The average molecular weight is 314 g/mol. The number of hydrogen-bond donors (Lipinski definition) is 1. The predicted octanol–water partition coefficient (Wildman–Crippen LogP) is 0.819. The highest BCUT2D eigenvalue weighted by Crippen LogP contribution is 2.25. The van der Waals surface area contributed by atoms with Gasteiger partial charge in [-0.3, -0.25) is 9.59 Å².